The van der Waals surface area contributed by atoms with E-state index in [1.54, 1.807) is 4.90 Å². The molecule has 170 valence electrons. The summed E-state index contributed by atoms with van der Waals surface area (Å²) in [4.78, 5) is 31.6. The van der Waals surface area contributed by atoms with Crippen LogP contribution in [0, 0.1) is 17.6 Å². The van der Waals surface area contributed by atoms with E-state index in [1.807, 2.05) is 4.90 Å². The first kappa shape index (κ1) is 22.0. The molecule has 0 radical (unpaired) electrons. The maximum Gasteiger partial charge on any atom is 0.321 e. The van der Waals surface area contributed by atoms with Crippen molar-refractivity contribution in [3.63, 3.8) is 0 Å². The maximum absolute atomic E-state index is 13.9. The Kier molecular flexibility index (Phi) is 7.02. The number of amides is 3. The number of piperidine rings is 1. The average Bonchev–Trinajstić information content (AvgIpc) is 3.63. The molecule has 3 fully saturated rings. The number of urea groups is 1. The summed E-state index contributed by atoms with van der Waals surface area (Å²) in [5.74, 6) is -1.01. The molecule has 4 rings (SSSR count). The normalized spacial score (nSPS) is 22.3. The number of halogens is 2. The summed E-state index contributed by atoms with van der Waals surface area (Å²) in [6, 6.07) is 2.44. The van der Waals surface area contributed by atoms with Gasteiger partial charge in [0.25, 0.3) is 0 Å². The van der Waals surface area contributed by atoms with Gasteiger partial charge in [0.1, 0.15) is 11.6 Å². The molecular weight excluding hydrogens is 406 g/mol. The van der Waals surface area contributed by atoms with E-state index in [9.17, 15) is 18.4 Å². The van der Waals surface area contributed by atoms with Crippen LogP contribution in [-0.2, 0) is 9.53 Å². The van der Waals surface area contributed by atoms with E-state index < -0.39 is 17.7 Å². The second-order valence-corrected chi connectivity index (χ2v) is 8.56. The van der Waals surface area contributed by atoms with E-state index in [1.165, 1.54) is 0 Å². The van der Waals surface area contributed by atoms with E-state index >= 15 is 0 Å². The predicted molar refractivity (Wildman–Crippen MR) is 112 cm³/mol. The fourth-order valence-electron chi connectivity index (χ4n) is 4.29. The molecule has 9 heteroatoms. The van der Waals surface area contributed by atoms with Crippen LogP contribution in [-0.4, -0.2) is 85.2 Å². The van der Waals surface area contributed by atoms with Crippen LogP contribution in [0.3, 0.4) is 0 Å². The van der Waals surface area contributed by atoms with Gasteiger partial charge in [0.05, 0.1) is 18.9 Å². The van der Waals surface area contributed by atoms with Gasteiger partial charge in [0.15, 0.2) is 0 Å². The summed E-state index contributed by atoms with van der Waals surface area (Å²) in [5, 5.41) is 2.47. The standard InChI is InChI=1S/C22H30F2N4O3/c23-17-5-6-19(24)20(14-17)25-22(30)27-7-1-2-18(15-27)28(21(29)16-3-4-16)9-8-26-10-12-31-13-11-26/h5-6,14,16,18H,1-4,7-13,15H2,(H,25,30). The lowest BCUT2D eigenvalue weighted by atomic mass is 10.0. The Hall–Kier alpha value is -2.26. The Morgan fingerprint density at radius 3 is 2.65 bits per heavy atom. The fraction of sp³-hybridized carbons (Fsp3) is 0.636. The van der Waals surface area contributed by atoms with E-state index in [0.29, 0.717) is 32.8 Å². The summed E-state index contributed by atoms with van der Waals surface area (Å²) in [6.07, 6.45) is 3.46. The van der Waals surface area contributed by atoms with Gasteiger partial charge in [0.2, 0.25) is 5.91 Å². The fourth-order valence-corrected chi connectivity index (χ4v) is 4.29. The number of carbonyl (C=O) groups excluding carboxylic acids is 2. The molecule has 2 heterocycles. The Balaban J connectivity index is 1.39. The van der Waals surface area contributed by atoms with Gasteiger partial charge in [-0.2, -0.15) is 0 Å². The highest BCUT2D eigenvalue weighted by molar-refractivity contribution is 5.89. The van der Waals surface area contributed by atoms with Crippen LogP contribution in [0.2, 0.25) is 0 Å². The SMILES string of the molecule is O=C(Nc1cc(F)ccc1F)N1CCCC(N(CCN2CCOCC2)C(=O)C2CC2)C1. The third kappa shape index (κ3) is 5.71. The molecule has 0 bridgehead atoms. The number of likely N-dealkylation sites (tertiary alicyclic amines) is 1. The zero-order valence-electron chi connectivity index (χ0n) is 17.7. The summed E-state index contributed by atoms with van der Waals surface area (Å²) in [7, 11) is 0. The quantitative estimate of drug-likeness (QED) is 0.745. The van der Waals surface area contributed by atoms with Crippen molar-refractivity contribution >= 4 is 17.6 Å². The smallest absolute Gasteiger partial charge is 0.321 e. The van der Waals surface area contributed by atoms with Crippen LogP contribution in [0.1, 0.15) is 25.7 Å². The number of nitrogens with one attached hydrogen (secondary N) is 1. The van der Waals surface area contributed by atoms with Crippen molar-refractivity contribution in [2.75, 3.05) is 57.8 Å². The minimum absolute atomic E-state index is 0.0639. The van der Waals surface area contributed by atoms with E-state index in [2.05, 4.69) is 10.2 Å². The zero-order chi connectivity index (χ0) is 21.8. The number of rotatable bonds is 6. The van der Waals surface area contributed by atoms with Crippen molar-refractivity contribution in [3.05, 3.63) is 29.8 Å². The molecule has 0 aromatic heterocycles. The monoisotopic (exact) mass is 436 g/mol. The number of hydrogen-bond donors (Lipinski definition) is 1. The molecular formula is C22H30F2N4O3. The minimum atomic E-state index is -0.681. The lowest BCUT2D eigenvalue weighted by Gasteiger charge is -2.40. The molecule has 1 saturated carbocycles. The van der Waals surface area contributed by atoms with Gasteiger partial charge in [-0.3, -0.25) is 9.69 Å². The molecule has 1 N–H and O–H groups in total. The first-order chi connectivity index (χ1) is 15.0. The Morgan fingerprint density at radius 2 is 1.90 bits per heavy atom. The summed E-state index contributed by atoms with van der Waals surface area (Å²) in [6.45, 7) is 5.49. The number of carbonyl (C=O) groups is 2. The van der Waals surface area contributed by atoms with Crippen LogP contribution in [0.15, 0.2) is 18.2 Å². The van der Waals surface area contributed by atoms with Crippen molar-refractivity contribution in [3.8, 4) is 0 Å². The number of nitrogens with zero attached hydrogens (tertiary/aromatic N) is 3. The minimum Gasteiger partial charge on any atom is -0.379 e. The second-order valence-electron chi connectivity index (χ2n) is 8.56. The Morgan fingerprint density at radius 1 is 1.13 bits per heavy atom. The largest absolute Gasteiger partial charge is 0.379 e. The van der Waals surface area contributed by atoms with Gasteiger partial charge >= 0.3 is 6.03 Å². The van der Waals surface area contributed by atoms with Crippen LogP contribution < -0.4 is 5.32 Å². The molecule has 0 spiro atoms. The maximum atomic E-state index is 13.9. The highest BCUT2D eigenvalue weighted by atomic mass is 19.1. The highest BCUT2D eigenvalue weighted by Gasteiger charge is 2.38. The molecule has 2 saturated heterocycles. The molecule has 1 aromatic rings. The molecule has 1 atom stereocenters. The lowest BCUT2D eigenvalue weighted by molar-refractivity contribution is -0.136. The van der Waals surface area contributed by atoms with Gasteiger partial charge in [-0.25, -0.2) is 13.6 Å². The number of benzene rings is 1. The number of ether oxygens (including phenoxy) is 1. The summed E-state index contributed by atoms with van der Waals surface area (Å²) >= 11 is 0. The van der Waals surface area contributed by atoms with Crippen LogP contribution in [0.5, 0.6) is 0 Å². The van der Waals surface area contributed by atoms with Gasteiger partial charge < -0.3 is 19.9 Å². The van der Waals surface area contributed by atoms with Crippen molar-refractivity contribution < 1.29 is 23.1 Å². The summed E-state index contributed by atoms with van der Waals surface area (Å²) in [5.41, 5.74) is -0.176. The third-order valence-electron chi connectivity index (χ3n) is 6.27. The summed E-state index contributed by atoms with van der Waals surface area (Å²) < 4.78 is 32.7. The topological polar surface area (TPSA) is 65.1 Å². The molecule has 7 nitrogen and oxygen atoms in total. The van der Waals surface area contributed by atoms with Crippen molar-refractivity contribution in [2.24, 2.45) is 5.92 Å². The van der Waals surface area contributed by atoms with Gasteiger partial charge in [0, 0.05) is 57.3 Å². The molecule has 3 aliphatic rings. The molecule has 31 heavy (non-hydrogen) atoms. The number of morpholine rings is 1. The van der Waals surface area contributed by atoms with Crippen molar-refractivity contribution in [2.45, 2.75) is 31.7 Å². The van der Waals surface area contributed by atoms with E-state index in [0.717, 1.165) is 63.5 Å². The first-order valence-corrected chi connectivity index (χ1v) is 11.1. The average molecular weight is 437 g/mol. The molecule has 1 aromatic carbocycles. The molecule has 3 amide bonds. The number of hydrogen-bond acceptors (Lipinski definition) is 4. The predicted octanol–water partition coefficient (Wildman–Crippen LogP) is 2.53. The van der Waals surface area contributed by atoms with Crippen molar-refractivity contribution in [1.82, 2.24) is 14.7 Å². The van der Waals surface area contributed by atoms with Crippen LogP contribution >= 0.6 is 0 Å². The van der Waals surface area contributed by atoms with Gasteiger partial charge in [-0.15, -0.1) is 0 Å². The lowest BCUT2D eigenvalue weighted by Crippen LogP contribution is -2.54. The molecule has 2 aliphatic heterocycles. The zero-order valence-corrected chi connectivity index (χ0v) is 17.7. The molecule has 1 unspecified atom stereocenters. The Bertz CT molecular complexity index is 799. The van der Waals surface area contributed by atoms with Gasteiger partial charge in [-0.05, 0) is 37.8 Å². The third-order valence-corrected chi connectivity index (χ3v) is 6.27. The van der Waals surface area contributed by atoms with Crippen LogP contribution in [0.4, 0.5) is 19.3 Å². The van der Waals surface area contributed by atoms with Crippen molar-refractivity contribution in [1.29, 1.82) is 0 Å². The van der Waals surface area contributed by atoms with Crippen LogP contribution in [0.25, 0.3) is 0 Å². The Labute approximate surface area is 181 Å². The molecule has 1 aliphatic carbocycles. The van der Waals surface area contributed by atoms with E-state index in [4.69, 9.17) is 4.74 Å². The highest BCUT2D eigenvalue weighted by Crippen LogP contribution is 2.32. The first-order valence-electron chi connectivity index (χ1n) is 11.1. The number of anilines is 1. The second kappa shape index (κ2) is 9.91. The van der Waals surface area contributed by atoms with Gasteiger partial charge in [-0.1, -0.05) is 0 Å². The van der Waals surface area contributed by atoms with E-state index in [-0.39, 0.29) is 23.6 Å².